The summed E-state index contributed by atoms with van der Waals surface area (Å²) < 4.78 is 0. The summed E-state index contributed by atoms with van der Waals surface area (Å²) in [4.78, 5) is 33.4. The lowest BCUT2D eigenvalue weighted by molar-refractivity contribution is -0.130. The van der Waals surface area contributed by atoms with Crippen LogP contribution in [0.25, 0.3) is 0 Å². The third-order valence-electron chi connectivity index (χ3n) is 1.87. The van der Waals surface area contributed by atoms with Crippen molar-refractivity contribution in [3.8, 4) is 0 Å². The average Bonchev–Trinajstić information content (AvgIpc) is 2.15. The highest BCUT2D eigenvalue weighted by Crippen LogP contribution is 1.96. The van der Waals surface area contributed by atoms with Crippen molar-refractivity contribution in [2.75, 3.05) is 7.05 Å². The number of Topliss-reactive ketones (excluding diaryl/α,β-unsaturated/α-hetero) is 1. The van der Waals surface area contributed by atoms with Gasteiger partial charge >= 0.3 is 0 Å². The van der Waals surface area contributed by atoms with Gasteiger partial charge in [0.15, 0.2) is 0 Å². The van der Waals surface area contributed by atoms with E-state index < -0.39 is 6.04 Å². The molecule has 1 atom stereocenters. The fourth-order valence-electron chi connectivity index (χ4n) is 1.16. The minimum Gasteiger partial charge on any atom is -0.357 e. The van der Waals surface area contributed by atoms with Crippen molar-refractivity contribution < 1.29 is 14.4 Å². The van der Waals surface area contributed by atoms with Gasteiger partial charge in [-0.15, -0.1) is 0 Å². The molecule has 0 unspecified atom stereocenters. The molecule has 5 heteroatoms. The predicted octanol–water partition coefficient (Wildman–Crippen LogP) is -0.00360. The van der Waals surface area contributed by atoms with Crippen LogP contribution >= 0.6 is 0 Å². The van der Waals surface area contributed by atoms with Crippen LogP contribution in [-0.2, 0) is 14.4 Å². The normalized spacial score (nSPS) is 11.7. The van der Waals surface area contributed by atoms with E-state index in [0.717, 1.165) is 0 Å². The third-order valence-corrected chi connectivity index (χ3v) is 1.87. The summed E-state index contributed by atoms with van der Waals surface area (Å²) >= 11 is 0. The van der Waals surface area contributed by atoms with Crippen LogP contribution in [0.15, 0.2) is 0 Å². The van der Waals surface area contributed by atoms with Crippen LogP contribution < -0.4 is 10.6 Å². The Morgan fingerprint density at radius 2 is 1.87 bits per heavy atom. The number of nitrogens with one attached hydrogen (secondary N) is 2. The molecule has 0 heterocycles. The number of carbonyl (C=O) groups excluding carboxylic acids is 3. The van der Waals surface area contributed by atoms with Gasteiger partial charge in [-0.2, -0.15) is 0 Å². The van der Waals surface area contributed by atoms with Crippen LogP contribution in [0.4, 0.5) is 0 Å². The zero-order valence-corrected chi connectivity index (χ0v) is 9.42. The maximum Gasteiger partial charge on any atom is 0.242 e. The first-order valence-electron chi connectivity index (χ1n) is 5.01. The minimum atomic E-state index is -0.744. The Balaban J connectivity index is 4.30. The van der Waals surface area contributed by atoms with Gasteiger partial charge in [-0.1, -0.05) is 6.92 Å². The van der Waals surface area contributed by atoms with Gasteiger partial charge in [-0.25, -0.2) is 0 Å². The van der Waals surface area contributed by atoms with Crippen LogP contribution in [-0.4, -0.2) is 30.7 Å². The lowest BCUT2D eigenvalue weighted by Gasteiger charge is -2.15. The molecule has 0 spiro atoms. The van der Waals surface area contributed by atoms with Gasteiger partial charge in [-0.3, -0.25) is 14.4 Å². The van der Waals surface area contributed by atoms with E-state index in [1.54, 1.807) is 0 Å². The number of hydrogen-bond donors (Lipinski definition) is 2. The highest BCUT2D eigenvalue weighted by molar-refractivity contribution is 5.91. The molecule has 2 amide bonds. The van der Waals surface area contributed by atoms with Gasteiger partial charge < -0.3 is 10.6 Å². The Bertz CT molecular complexity index is 251. The zero-order chi connectivity index (χ0) is 11.8. The van der Waals surface area contributed by atoms with Crippen molar-refractivity contribution in [1.29, 1.82) is 0 Å². The number of likely N-dealkylation sites (N-methyl/N-ethyl adjacent to an activating group) is 1. The van der Waals surface area contributed by atoms with E-state index in [9.17, 15) is 14.4 Å². The van der Waals surface area contributed by atoms with Gasteiger partial charge in [-0.05, 0) is 13.3 Å². The molecule has 0 aliphatic carbocycles. The van der Waals surface area contributed by atoms with Crippen molar-refractivity contribution in [2.45, 2.75) is 39.2 Å². The molecule has 0 saturated heterocycles. The van der Waals surface area contributed by atoms with Crippen molar-refractivity contribution in [1.82, 2.24) is 10.6 Å². The molecule has 0 rings (SSSR count). The molecule has 0 radical (unpaired) electrons. The molecule has 2 N–H and O–H groups in total. The maximum atomic E-state index is 11.3. The average molecular weight is 214 g/mol. The van der Waals surface area contributed by atoms with Gasteiger partial charge in [0.2, 0.25) is 11.8 Å². The summed E-state index contributed by atoms with van der Waals surface area (Å²) in [6, 6.07) is -0.744. The Morgan fingerprint density at radius 3 is 2.27 bits per heavy atom. The van der Waals surface area contributed by atoms with E-state index in [1.807, 2.05) is 6.92 Å². The number of carbonyl (C=O) groups is 3. The summed E-state index contributed by atoms with van der Waals surface area (Å²) in [6.07, 6.45) is 1.12. The summed E-state index contributed by atoms with van der Waals surface area (Å²) in [5, 5.41) is 4.94. The molecule has 5 nitrogen and oxygen atoms in total. The van der Waals surface area contributed by atoms with E-state index in [1.165, 1.54) is 14.0 Å². The number of amides is 2. The molecule has 0 aromatic carbocycles. The summed E-state index contributed by atoms with van der Waals surface area (Å²) in [5.41, 5.74) is 0. The second kappa shape index (κ2) is 6.98. The van der Waals surface area contributed by atoms with Crippen LogP contribution in [0.5, 0.6) is 0 Å². The number of hydrogen-bond acceptors (Lipinski definition) is 3. The topological polar surface area (TPSA) is 75.3 Å². The van der Waals surface area contributed by atoms with E-state index >= 15 is 0 Å². The van der Waals surface area contributed by atoms with Gasteiger partial charge in [0.05, 0.1) is 0 Å². The van der Waals surface area contributed by atoms with Crippen molar-refractivity contribution in [2.24, 2.45) is 0 Å². The fraction of sp³-hybridized carbons (Fsp3) is 0.700. The van der Waals surface area contributed by atoms with Crippen LogP contribution in [0, 0.1) is 0 Å². The van der Waals surface area contributed by atoms with Crippen LogP contribution in [0.1, 0.15) is 33.1 Å². The third kappa shape index (κ3) is 5.83. The first-order chi connectivity index (χ1) is 7.01. The second-order valence-corrected chi connectivity index (χ2v) is 3.39. The van der Waals surface area contributed by atoms with Crippen molar-refractivity contribution in [3.63, 3.8) is 0 Å². The first-order valence-corrected chi connectivity index (χ1v) is 5.01. The molecular weight excluding hydrogens is 196 g/mol. The quantitative estimate of drug-likeness (QED) is 0.653. The molecule has 0 aromatic heterocycles. The van der Waals surface area contributed by atoms with E-state index in [2.05, 4.69) is 10.6 Å². The Morgan fingerprint density at radius 1 is 1.27 bits per heavy atom. The Labute approximate surface area is 89.6 Å². The Kier molecular flexibility index (Phi) is 6.33. The Hall–Kier alpha value is -1.39. The number of ketones is 1. The van der Waals surface area contributed by atoms with Crippen molar-refractivity contribution in [3.05, 3.63) is 0 Å². The smallest absolute Gasteiger partial charge is 0.242 e. The molecular formula is C10H18N2O3. The van der Waals surface area contributed by atoms with E-state index in [0.29, 0.717) is 12.8 Å². The molecule has 0 bridgehead atoms. The minimum absolute atomic E-state index is 0.0368. The molecule has 0 aromatic rings. The summed E-state index contributed by atoms with van der Waals surface area (Å²) in [6.45, 7) is 3.27. The lowest BCUT2D eigenvalue weighted by atomic mass is 10.1. The largest absolute Gasteiger partial charge is 0.357 e. The van der Waals surface area contributed by atoms with Gasteiger partial charge in [0.1, 0.15) is 11.8 Å². The summed E-state index contributed by atoms with van der Waals surface area (Å²) in [5.74, 6) is -0.664. The standard InChI is InChI=1S/C10H18N2O3/c1-4-5-9(14)12-8(6-7(2)13)10(15)11-3/h8H,4-6H2,1-3H3,(H,11,15)(H,12,14)/t8-/m0/s1. The molecule has 86 valence electrons. The maximum absolute atomic E-state index is 11.3. The van der Waals surface area contributed by atoms with E-state index in [4.69, 9.17) is 0 Å². The molecule has 0 aliphatic heterocycles. The molecule has 0 saturated carbocycles. The second-order valence-electron chi connectivity index (χ2n) is 3.39. The zero-order valence-electron chi connectivity index (χ0n) is 9.42. The van der Waals surface area contributed by atoms with Crippen molar-refractivity contribution >= 4 is 17.6 Å². The van der Waals surface area contributed by atoms with Crippen LogP contribution in [0.3, 0.4) is 0 Å². The highest BCUT2D eigenvalue weighted by atomic mass is 16.2. The van der Waals surface area contributed by atoms with Gasteiger partial charge in [0, 0.05) is 19.9 Å². The molecule has 15 heavy (non-hydrogen) atoms. The first kappa shape index (κ1) is 13.6. The SMILES string of the molecule is CCCC(=O)N[C@@H](CC(C)=O)C(=O)NC. The highest BCUT2D eigenvalue weighted by Gasteiger charge is 2.20. The van der Waals surface area contributed by atoms with E-state index in [-0.39, 0.29) is 24.0 Å². The van der Waals surface area contributed by atoms with Gasteiger partial charge in [0.25, 0.3) is 0 Å². The monoisotopic (exact) mass is 214 g/mol. The fourth-order valence-corrected chi connectivity index (χ4v) is 1.16. The van der Waals surface area contributed by atoms with Crippen LogP contribution in [0.2, 0.25) is 0 Å². The predicted molar refractivity (Wildman–Crippen MR) is 56.2 cm³/mol. The number of rotatable bonds is 6. The molecule has 0 aliphatic rings. The lowest BCUT2D eigenvalue weighted by Crippen LogP contribution is -2.46. The summed E-state index contributed by atoms with van der Waals surface area (Å²) in [7, 11) is 1.47. The molecule has 0 fully saturated rings.